The topological polar surface area (TPSA) is 43.3 Å². The monoisotopic (exact) mass is 501 g/mol. The van der Waals surface area contributed by atoms with Crippen molar-refractivity contribution in [3.63, 3.8) is 0 Å². The molecule has 1 aromatic rings. The van der Waals surface area contributed by atoms with Crippen LogP contribution in [-0.4, -0.2) is 93.8 Å². The zero-order chi connectivity index (χ0) is 18.9. The number of ether oxygens (including phenoxy) is 1. The van der Waals surface area contributed by atoms with Crippen molar-refractivity contribution in [2.24, 2.45) is 10.9 Å². The van der Waals surface area contributed by atoms with Gasteiger partial charge < -0.3 is 15.0 Å². The zero-order valence-electron chi connectivity index (χ0n) is 17.3. The van der Waals surface area contributed by atoms with E-state index in [-0.39, 0.29) is 24.0 Å². The maximum atomic E-state index is 5.30. The number of likely N-dealkylation sites (tertiary alicyclic amines) is 1. The summed E-state index contributed by atoms with van der Waals surface area (Å²) in [5, 5.41) is 3.55. The standard InChI is InChI=1S/C21H35N5O.HI/c1-22-21(26-10-8-20(17-26)18-27-2)23-9-11-24-12-14-25(15-13-24)16-19-6-4-3-5-7-19;/h3-7,20H,8-18H2,1-2H3,(H,22,23);1H. The number of aliphatic imine (C=N–C) groups is 1. The van der Waals surface area contributed by atoms with Crippen LogP contribution >= 0.6 is 24.0 Å². The highest BCUT2D eigenvalue weighted by atomic mass is 127. The van der Waals surface area contributed by atoms with Crippen molar-refractivity contribution in [2.45, 2.75) is 13.0 Å². The Labute approximate surface area is 187 Å². The fraction of sp³-hybridized carbons (Fsp3) is 0.667. The minimum absolute atomic E-state index is 0. The van der Waals surface area contributed by atoms with Gasteiger partial charge in [-0.25, -0.2) is 0 Å². The van der Waals surface area contributed by atoms with E-state index in [2.05, 4.69) is 55.3 Å². The Hall–Kier alpha value is -0.900. The Kier molecular flexibility index (Phi) is 10.5. The Morgan fingerprint density at radius 3 is 2.50 bits per heavy atom. The Balaban J connectivity index is 0.00000280. The van der Waals surface area contributed by atoms with Crippen LogP contribution in [0.2, 0.25) is 0 Å². The van der Waals surface area contributed by atoms with Gasteiger partial charge in [0.2, 0.25) is 0 Å². The molecule has 0 saturated carbocycles. The number of nitrogens with zero attached hydrogens (tertiary/aromatic N) is 4. The summed E-state index contributed by atoms with van der Waals surface area (Å²) in [7, 11) is 3.67. The predicted molar refractivity (Wildman–Crippen MR) is 126 cm³/mol. The van der Waals surface area contributed by atoms with E-state index < -0.39 is 0 Å². The second kappa shape index (κ2) is 12.6. The highest BCUT2D eigenvalue weighted by Crippen LogP contribution is 2.16. The van der Waals surface area contributed by atoms with E-state index in [1.807, 2.05) is 7.05 Å². The molecule has 2 heterocycles. The van der Waals surface area contributed by atoms with Gasteiger partial charge in [-0.15, -0.1) is 24.0 Å². The molecule has 2 aliphatic heterocycles. The number of nitrogens with one attached hydrogen (secondary N) is 1. The van der Waals surface area contributed by atoms with Crippen molar-refractivity contribution in [3.8, 4) is 0 Å². The molecule has 0 bridgehead atoms. The van der Waals surface area contributed by atoms with Gasteiger partial charge in [0.1, 0.15) is 0 Å². The van der Waals surface area contributed by atoms with E-state index in [1.165, 1.54) is 12.0 Å². The summed E-state index contributed by atoms with van der Waals surface area (Å²) in [6.07, 6.45) is 1.19. The molecule has 1 atom stereocenters. The third-order valence-corrected chi connectivity index (χ3v) is 5.62. The first-order valence-corrected chi connectivity index (χ1v) is 10.2. The van der Waals surface area contributed by atoms with Gasteiger partial charge in [-0.2, -0.15) is 0 Å². The Morgan fingerprint density at radius 2 is 1.82 bits per heavy atom. The van der Waals surface area contributed by atoms with E-state index in [0.29, 0.717) is 5.92 Å². The van der Waals surface area contributed by atoms with E-state index in [0.717, 1.165) is 71.5 Å². The summed E-state index contributed by atoms with van der Waals surface area (Å²) < 4.78 is 5.30. The molecule has 1 unspecified atom stereocenters. The quantitative estimate of drug-likeness (QED) is 0.352. The zero-order valence-corrected chi connectivity index (χ0v) is 19.7. The van der Waals surface area contributed by atoms with Crippen LogP contribution in [0, 0.1) is 5.92 Å². The lowest BCUT2D eigenvalue weighted by Crippen LogP contribution is -2.49. The largest absolute Gasteiger partial charge is 0.384 e. The van der Waals surface area contributed by atoms with Crippen molar-refractivity contribution in [3.05, 3.63) is 35.9 Å². The summed E-state index contributed by atoms with van der Waals surface area (Å²) in [4.78, 5) is 11.9. The first-order chi connectivity index (χ1) is 13.3. The SMILES string of the molecule is CN=C(NCCN1CCN(Cc2ccccc2)CC1)N1CCC(COC)C1.I. The molecule has 158 valence electrons. The van der Waals surface area contributed by atoms with Gasteiger partial charge in [0.25, 0.3) is 0 Å². The fourth-order valence-electron chi connectivity index (χ4n) is 4.07. The Bertz CT molecular complexity index is 577. The molecule has 1 N–H and O–H groups in total. The van der Waals surface area contributed by atoms with Crippen molar-refractivity contribution >= 4 is 29.9 Å². The lowest BCUT2D eigenvalue weighted by molar-refractivity contribution is 0.128. The highest BCUT2D eigenvalue weighted by molar-refractivity contribution is 14.0. The van der Waals surface area contributed by atoms with Crippen LogP contribution in [0.5, 0.6) is 0 Å². The molecule has 2 fully saturated rings. The van der Waals surface area contributed by atoms with Crippen molar-refractivity contribution in [1.29, 1.82) is 0 Å². The third-order valence-electron chi connectivity index (χ3n) is 5.62. The van der Waals surface area contributed by atoms with Crippen LogP contribution in [0.3, 0.4) is 0 Å². The number of piperazine rings is 1. The van der Waals surface area contributed by atoms with E-state index in [9.17, 15) is 0 Å². The smallest absolute Gasteiger partial charge is 0.193 e. The first kappa shape index (κ1) is 23.4. The molecule has 28 heavy (non-hydrogen) atoms. The molecule has 0 aromatic heterocycles. The normalized spacial score (nSPS) is 21.6. The van der Waals surface area contributed by atoms with Crippen LogP contribution in [-0.2, 0) is 11.3 Å². The molecule has 7 heteroatoms. The maximum absolute atomic E-state index is 5.30. The molecular weight excluding hydrogens is 465 g/mol. The van der Waals surface area contributed by atoms with E-state index in [1.54, 1.807) is 7.11 Å². The second-order valence-electron chi connectivity index (χ2n) is 7.63. The second-order valence-corrected chi connectivity index (χ2v) is 7.63. The van der Waals surface area contributed by atoms with Crippen molar-refractivity contribution < 1.29 is 4.74 Å². The van der Waals surface area contributed by atoms with Gasteiger partial charge in [-0.3, -0.25) is 14.8 Å². The lowest BCUT2D eigenvalue weighted by Gasteiger charge is -2.35. The predicted octanol–water partition coefficient (Wildman–Crippen LogP) is 1.97. The van der Waals surface area contributed by atoms with Crippen LogP contribution in [0.1, 0.15) is 12.0 Å². The van der Waals surface area contributed by atoms with Crippen LogP contribution < -0.4 is 5.32 Å². The molecule has 1 aromatic carbocycles. The number of methoxy groups -OCH3 is 1. The average Bonchev–Trinajstić information content (AvgIpc) is 3.16. The molecule has 0 spiro atoms. The summed E-state index contributed by atoms with van der Waals surface area (Å²) in [5.74, 6) is 1.67. The summed E-state index contributed by atoms with van der Waals surface area (Å²) in [5.41, 5.74) is 1.41. The van der Waals surface area contributed by atoms with Gasteiger partial charge in [0.05, 0.1) is 6.61 Å². The molecular formula is C21H36IN5O. The van der Waals surface area contributed by atoms with Crippen LogP contribution in [0.4, 0.5) is 0 Å². The summed E-state index contributed by atoms with van der Waals surface area (Å²) in [6.45, 7) is 10.7. The van der Waals surface area contributed by atoms with E-state index in [4.69, 9.17) is 4.74 Å². The van der Waals surface area contributed by atoms with Crippen molar-refractivity contribution in [1.82, 2.24) is 20.0 Å². The molecule has 2 saturated heterocycles. The molecule has 6 nitrogen and oxygen atoms in total. The van der Waals surface area contributed by atoms with Gasteiger partial charge >= 0.3 is 0 Å². The average molecular weight is 501 g/mol. The van der Waals surface area contributed by atoms with Crippen LogP contribution in [0.15, 0.2) is 35.3 Å². The molecule has 0 radical (unpaired) electrons. The number of guanidine groups is 1. The summed E-state index contributed by atoms with van der Waals surface area (Å²) in [6, 6.07) is 10.8. The third kappa shape index (κ3) is 7.17. The number of hydrogen-bond donors (Lipinski definition) is 1. The molecule has 0 amide bonds. The molecule has 0 aliphatic carbocycles. The minimum Gasteiger partial charge on any atom is -0.384 e. The number of rotatable bonds is 7. The highest BCUT2D eigenvalue weighted by Gasteiger charge is 2.24. The van der Waals surface area contributed by atoms with E-state index >= 15 is 0 Å². The lowest BCUT2D eigenvalue weighted by atomic mass is 10.1. The van der Waals surface area contributed by atoms with Gasteiger partial charge in [-0.1, -0.05) is 30.3 Å². The number of hydrogen-bond acceptors (Lipinski definition) is 4. The van der Waals surface area contributed by atoms with Crippen LogP contribution in [0.25, 0.3) is 0 Å². The number of halogens is 1. The number of benzene rings is 1. The summed E-state index contributed by atoms with van der Waals surface area (Å²) >= 11 is 0. The first-order valence-electron chi connectivity index (χ1n) is 10.2. The van der Waals surface area contributed by atoms with Gasteiger partial charge in [0.15, 0.2) is 5.96 Å². The van der Waals surface area contributed by atoms with Gasteiger partial charge in [-0.05, 0) is 12.0 Å². The van der Waals surface area contributed by atoms with Crippen molar-refractivity contribution in [2.75, 3.05) is 73.1 Å². The van der Waals surface area contributed by atoms with Gasteiger partial charge in [0, 0.05) is 79.0 Å². The maximum Gasteiger partial charge on any atom is 0.193 e. The Morgan fingerprint density at radius 1 is 1.11 bits per heavy atom. The molecule has 3 rings (SSSR count). The fourth-order valence-corrected chi connectivity index (χ4v) is 4.07. The molecule has 2 aliphatic rings. The minimum atomic E-state index is 0.